The highest BCUT2D eigenvalue weighted by molar-refractivity contribution is 14.0. The lowest BCUT2D eigenvalue weighted by Crippen LogP contribution is -2.46. The number of anilines is 1. The Morgan fingerprint density at radius 2 is 1.93 bits per heavy atom. The molecule has 0 spiro atoms. The molecular weight excluding hydrogens is 477 g/mol. The van der Waals surface area contributed by atoms with Gasteiger partial charge in [-0.05, 0) is 25.5 Å². The van der Waals surface area contributed by atoms with Crippen molar-refractivity contribution in [3.8, 4) is 0 Å². The van der Waals surface area contributed by atoms with Crippen molar-refractivity contribution in [1.82, 2.24) is 15.5 Å². The maximum Gasteiger partial charge on any atom is 0.191 e. The van der Waals surface area contributed by atoms with Crippen molar-refractivity contribution in [3.05, 3.63) is 29.3 Å². The highest BCUT2D eigenvalue weighted by atomic mass is 127. The van der Waals surface area contributed by atoms with Gasteiger partial charge < -0.3 is 20.3 Å². The first-order valence-corrected chi connectivity index (χ1v) is 9.85. The number of ether oxygens (including phenoxy) is 1. The normalized spacial score (nSPS) is 15.4. The van der Waals surface area contributed by atoms with E-state index in [9.17, 15) is 0 Å². The fourth-order valence-electron chi connectivity index (χ4n) is 3.02. The third kappa shape index (κ3) is 8.85. The standard InChI is InChI=1S/C19H32ClN5O.HI/c1-3-21-19(23-10-16-26-2)22-9-6-11-24-12-14-25(15-13-24)18-8-5-4-7-17(18)20;/h4-5,7-8H,3,6,9-16H2,1-2H3,(H2,21,22,23);1H. The van der Waals surface area contributed by atoms with Gasteiger partial charge in [-0.25, -0.2) is 0 Å². The van der Waals surface area contributed by atoms with E-state index in [0.717, 1.165) is 75.4 Å². The summed E-state index contributed by atoms with van der Waals surface area (Å²) in [7, 11) is 1.71. The van der Waals surface area contributed by atoms with Crippen LogP contribution >= 0.6 is 35.6 Å². The van der Waals surface area contributed by atoms with Crippen LogP contribution in [0.2, 0.25) is 5.02 Å². The molecule has 1 aliphatic heterocycles. The van der Waals surface area contributed by atoms with Gasteiger partial charge in [-0.2, -0.15) is 0 Å². The van der Waals surface area contributed by atoms with Crippen molar-refractivity contribution < 1.29 is 4.74 Å². The van der Waals surface area contributed by atoms with Crippen LogP contribution in [0, 0.1) is 0 Å². The van der Waals surface area contributed by atoms with E-state index in [-0.39, 0.29) is 24.0 Å². The molecule has 154 valence electrons. The third-order valence-corrected chi connectivity index (χ3v) is 4.73. The van der Waals surface area contributed by atoms with E-state index in [1.165, 1.54) is 0 Å². The van der Waals surface area contributed by atoms with Crippen LogP contribution in [0.25, 0.3) is 0 Å². The molecule has 0 bridgehead atoms. The summed E-state index contributed by atoms with van der Waals surface area (Å²) in [5, 5.41) is 7.37. The fourth-order valence-corrected chi connectivity index (χ4v) is 3.27. The molecule has 0 radical (unpaired) electrons. The smallest absolute Gasteiger partial charge is 0.191 e. The highest BCUT2D eigenvalue weighted by Gasteiger charge is 2.18. The van der Waals surface area contributed by atoms with E-state index in [2.05, 4.69) is 38.4 Å². The van der Waals surface area contributed by atoms with Gasteiger partial charge in [0.2, 0.25) is 0 Å². The topological polar surface area (TPSA) is 52.1 Å². The number of aliphatic imine (C=N–C) groups is 1. The lowest BCUT2D eigenvalue weighted by atomic mass is 10.2. The molecule has 2 rings (SSSR count). The molecule has 0 unspecified atom stereocenters. The average Bonchev–Trinajstić information content (AvgIpc) is 2.66. The van der Waals surface area contributed by atoms with Gasteiger partial charge in [-0.15, -0.1) is 24.0 Å². The molecule has 0 saturated carbocycles. The quantitative estimate of drug-likeness (QED) is 0.232. The molecule has 1 aromatic carbocycles. The summed E-state index contributed by atoms with van der Waals surface area (Å²) in [5.41, 5.74) is 1.15. The second-order valence-corrected chi connectivity index (χ2v) is 6.72. The number of benzene rings is 1. The molecule has 8 heteroatoms. The van der Waals surface area contributed by atoms with Crippen LogP contribution in [0.15, 0.2) is 29.3 Å². The van der Waals surface area contributed by atoms with Crippen molar-refractivity contribution in [1.29, 1.82) is 0 Å². The lowest BCUT2D eigenvalue weighted by Gasteiger charge is -2.36. The molecule has 2 N–H and O–H groups in total. The Labute approximate surface area is 185 Å². The summed E-state index contributed by atoms with van der Waals surface area (Å²) >= 11 is 6.31. The van der Waals surface area contributed by atoms with Crippen LogP contribution in [0.3, 0.4) is 0 Å². The monoisotopic (exact) mass is 509 g/mol. The summed E-state index contributed by atoms with van der Waals surface area (Å²) in [4.78, 5) is 9.51. The minimum absolute atomic E-state index is 0. The van der Waals surface area contributed by atoms with Gasteiger partial charge in [-0.1, -0.05) is 23.7 Å². The molecule has 1 aliphatic rings. The first-order valence-electron chi connectivity index (χ1n) is 9.47. The van der Waals surface area contributed by atoms with Gasteiger partial charge in [0.25, 0.3) is 0 Å². The Hall–Kier alpha value is -0.770. The molecule has 0 amide bonds. The Morgan fingerprint density at radius 1 is 1.19 bits per heavy atom. The van der Waals surface area contributed by atoms with Gasteiger partial charge in [0, 0.05) is 59.5 Å². The minimum atomic E-state index is 0. The maximum atomic E-state index is 6.31. The van der Waals surface area contributed by atoms with Gasteiger partial charge >= 0.3 is 0 Å². The zero-order valence-corrected chi connectivity index (χ0v) is 19.5. The molecule has 1 saturated heterocycles. The van der Waals surface area contributed by atoms with Crippen molar-refractivity contribution in [3.63, 3.8) is 0 Å². The summed E-state index contributed by atoms with van der Waals surface area (Å²) in [5.74, 6) is 0.869. The molecule has 1 heterocycles. The predicted molar refractivity (Wildman–Crippen MR) is 126 cm³/mol. The summed E-state index contributed by atoms with van der Waals surface area (Å²) < 4.78 is 5.06. The Bertz CT molecular complexity index is 553. The number of nitrogens with zero attached hydrogens (tertiary/aromatic N) is 3. The van der Waals surface area contributed by atoms with Crippen molar-refractivity contribution >= 4 is 47.2 Å². The first kappa shape index (κ1) is 24.3. The molecule has 1 aromatic rings. The van der Waals surface area contributed by atoms with Crippen LogP contribution in [-0.2, 0) is 4.74 Å². The number of rotatable bonds is 9. The van der Waals surface area contributed by atoms with E-state index in [1.54, 1.807) is 7.11 Å². The Kier molecular flexibility index (Phi) is 12.8. The molecule has 27 heavy (non-hydrogen) atoms. The van der Waals surface area contributed by atoms with Gasteiger partial charge in [0.05, 0.1) is 17.3 Å². The number of halogens is 2. The fraction of sp³-hybridized carbons (Fsp3) is 0.632. The first-order chi connectivity index (χ1) is 12.7. The molecule has 0 aromatic heterocycles. The summed E-state index contributed by atoms with van der Waals surface area (Å²) in [6.07, 6.45) is 1.06. The van der Waals surface area contributed by atoms with Crippen LogP contribution in [-0.4, -0.2) is 76.9 Å². The number of hydrogen-bond acceptors (Lipinski definition) is 4. The van der Waals surface area contributed by atoms with E-state index in [4.69, 9.17) is 16.3 Å². The van der Waals surface area contributed by atoms with Crippen LogP contribution in [0.1, 0.15) is 13.3 Å². The van der Waals surface area contributed by atoms with Crippen molar-refractivity contribution in [2.45, 2.75) is 13.3 Å². The number of hydrogen-bond donors (Lipinski definition) is 2. The van der Waals surface area contributed by atoms with Crippen molar-refractivity contribution in [2.24, 2.45) is 4.99 Å². The lowest BCUT2D eigenvalue weighted by molar-refractivity contribution is 0.203. The van der Waals surface area contributed by atoms with Crippen LogP contribution in [0.4, 0.5) is 5.69 Å². The maximum absolute atomic E-state index is 6.31. The average molecular weight is 510 g/mol. The zero-order chi connectivity index (χ0) is 18.6. The second-order valence-electron chi connectivity index (χ2n) is 6.31. The highest BCUT2D eigenvalue weighted by Crippen LogP contribution is 2.25. The SMILES string of the molecule is CCNC(=NCCCN1CCN(c2ccccc2Cl)CC1)NCCOC.I. The third-order valence-electron chi connectivity index (χ3n) is 4.41. The number of piperazine rings is 1. The van der Waals surface area contributed by atoms with E-state index in [0.29, 0.717) is 6.61 Å². The predicted octanol–water partition coefficient (Wildman–Crippen LogP) is 2.67. The minimum Gasteiger partial charge on any atom is -0.383 e. The molecule has 0 atom stereocenters. The number of para-hydroxylation sites is 1. The molecule has 6 nitrogen and oxygen atoms in total. The Morgan fingerprint density at radius 3 is 2.59 bits per heavy atom. The van der Waals surface area contributed by atoms with E-state index in [1.807, 2.05) is 18.2 Å². The Balaban J connectivity index is 0.00000364. The summed E-state index contributed by atoms with van der Waals surface area (Å²) in [6.45, 7) is 10.5. The number of guanidine groups is 1. The van der Waals surface area contributed by atoms with Crippen molar-refractivity contribution in [2.75, 3.05) is 71.0 Å². The number of nitrogens with one attached hydrogen (secondary N) is 2. The van der Waals surface area contributed by atoms with Gasteiger partial charge in [0.15, 0.2) is 5.96 Å². The van der Waals surface area contributed by atoms with Crippen LogP contribution in [0.5, 0.6) is 0 Å². The largest absolute Gasteiger partial charge is 0.383 e. The van der Waals surface area contributed by atoms with E-state index < -0.39 is 0 Å². The number of methoxy groups -OCH3 is 1. The van der Waals surface area contributed by atoms with E-state index >= 15 is 0 Å². The second kappa shape index (κ2) is 14.3. The molecular formula is C19H33ClIN5O. The van der Waals surface area contributed by atoms with Gasteiger partial charge in [-0.3, -0.25) is 9.89 Å². The zero-order valence-electron chi connectivity index (χ0n) is 16.4. The molecule has 0 aliphatic carbocycles. The van der Waals surface area contributed by atoms with Gasteiger partial charge in [0.1, 0.15) is 0 Å². The van der Waals surface area contributed by atoms with Crippen LogP contribution < -0.4 is 15.5 Å². The molecule has 1 fully saturated rings. The summed E-state index contributed by atoms with van der Waals surface area (Å²) in [6, 6.07) is 8.10.